The SMILES string of the molecule is COc1ccc(N2C(=O)NC(=O)/C(=C/c3ccc(O[C@@H](C)C(=O)O)cc3)C2=O)cc1. The number of ether oxygens (including phenoxy) is 2. The number of hydrogen-bond acceptors (Lipinski definition) is 6. The molecule has 0 aliphatic carbocycles. The molecule has 2 N–H and O–H groups in total. The van der Waals surface area contributed by atoms with Crippen molar-refractivity contribution in [1.82, 2.24) is 5.32 Å². The molecule has 3 rings (SSSR count). The molecule has 154 valence electrons. The van der Waals surface area contributed by atoms with Gasteiger partial charge in [0, 0.05) is 0 Å². The van der Waals surface area contributed by atoms with Crippen molar-refractivity contribution < 1.29 is 33.8 Å². The van der Waals surface area contributed by atoms with E-state index in [1.54, 1.807) is 24.3 Å². The Balaban J connectivity index is 1.85. The fourth-order valence-electron chi connectivity index (χ4n) is 2.69. The number of carboxylic acid groups (broad SMARTS) is 1. The fraction of sp³-hybridized carbons (Fsp3) is 0.143. The lowest BCUT2D eigenvalue weighted by Gasteiger charge is -2.26. The molecule has 0 bridgehead atoms. The van der Waals surface area contributed by atoms with Crippen LogP contribution in [0.25, 0.3) is 6.08 Å². The van der Waals surface area contributed by atoms with Crippen molar-refractivity contribution in [3.63, 3.8) is 0 Å². The number of hydrogen-bond donors (Lipinski definition) is 2. The molecule has 2 aromatic carbocycles. The number of amides is 4. The highest BCUT2D eigenvalue weighted by Gasteiger charge is 2.36. The molecule has 1 aliphatic heterocycles. The van der Waals surface area contributed by atoms with Gasteiger partial charge in [0.2, 0.25) is 0 Å². The first-order valence-corrected chi connectivity index (χ1v) is 8.85. The first-order chi connectivity index (χ1) is 14.3. The number of carboxylic acids is 1. The van der Waals surface area contributed by atoms with Crippen LogP contribution >= 0.6 is 0 Å². The molecule has 1 aliphatic rings. The Morgan fingerprint density at radius 2 is 1.63 bits per heavy atom. The lowest BCUT2D eigenvalue weighted by molar-refractivity contribution is -0.144. The molecule has 1 heterocycles. The molecule has 9 heteroatoms. The van der Waals surface area contributed by atoms with Crippen molar-refractivity contribution in [2.24, 2.45) is 0 Å². The van der Waals surface area contributed by atoms with E-state index in [2.05, 4.69) is 5.32 Å². The van der Waals surface area contributed by atoms with Gasteiger partial charge in [-0.1, -0.05) is 12.1 Å². The molecule has 30 heavy (non-hydrogen) atoms. The van der Waals surface area contributed by atoms with Crippen LogP contribution in [-0.4, -0.2) is 42.1 Å². The van der Waals surface area contributed by atoms with Crippen molar-refractivity contribution in [3.05, 3.63) is 59.7 Å². The van der Waals surface area contributed by atoms with Gasteiger partial charge >= 0.3 is 12.0 Å². The number of nitrogens with zero attached hydrogens (tertiary/aromatic N) is 1. The number of barbiturate groups is 1. The summed E-state index contributed by atoms with van der Waals surface area (Å²) in [5.41, 5.74) is 0.550. The second kappa shape index (κ2) is 8.48. The van der Waals surface area contributed by atoms with Crippen LogP contribution < -0.4 is 19.7 Å². The number of carbonyl (C=O) groups is 4. The van der Waals surface area contributed by atoms with Gasteiger partial charge < -0.3 is 14.6 Å². The van der Waals surface area contributed by atoms with Crippen molar-refractivity contribution in [2.45, 2.75) is 13.0 Å². The number of benzene rings is 2. The lowest BCUT2D eigenvalue weighted by Crippen LogP contribution is -2.54. The summed E-state index contributed by atoms with van der Waals surface area (Å²) >= 11 is 0. The zero-order chi connectivity index (χ0) is 21.8. The van der Waals surface area contributed by atoms with Crippen LogP contribution in [0.3, 0.4) is 0 Å². The van der Waals surface area contributed by atoms with Crippen LogP contribution in [0.15, 0.2) is 54.1 Å². The monoisotopic (exact) mass is 410 g/mol. The molecule has 0 saturated carbocycles. The number of rotatable bonds is 6. The van der Waals surface area contributed by atoms with Crippen molar-refractivity contribution >= 4 is 35.6 Å². The van der Waals surface area contributed by atoms with E-state index < -0.39 is 29.9 Å². The number of imide groups is 2. The largest absolute Gasteiger partial charge is 0.497 e. The number of urea groups is 1. The third kappa shape index (κ3) is 4.30. The minimum Gasteiger partial charge on any atom is -0.497 e. The Kier molecular flexibility index (Phi) is 5.82. The molecule has 0 unspecified atom stereocenters. The van der Waals surface area contributed by atoms with Crippen molar-refractivity contribution in [3.8, 4) is 11.5 Å². The average Bonchev–Trinajstić information content (AvgIpc) is 2.72. The first-order valence-electron chi connectivity index (χ1n) is 8.85. The quantitative estimate of drug-likeness (QED) is 0.553. The molecular formula is C21H18N2O7. The van der Waals surface area contributed by atoms with Gasteiger partial charge in [0.25, 0.3) is 11.8 Å². The normalized spacial score (nSPS) is 16.3. The number of nitrogens with one attached hydrogen (secondary N) is 1. The van der Waals surface area contributed by atoms with Crippen LogP contribution in [0, 0.1) is 0 Å². The third-order valence-corrected chi connectivity index (χ3v) is 4.28. The van der Waals surface area contributed by atoms with E-state index in [9.17, 15) is 19.2 Å². The molecule has 0 spiro atoms. The number of anilines is 1. The Bertz CT molecular complexity index is 1030. The smallest absolute Gasteiger partial charge is 0.344 e. The molecular weight excluding hydrogens is 392 g/mol. The maximum Gasteiger partial charge on any atom is 0.344 e. The molecule has 4 amide bonds. The van der Waals surface area contributed by atoms with Crippen LogP contribution in [-0.2, 0) is 14.4 Å². The molecule has 1 saturated heterocycles. The second-order valence-electron chi connectivity index (χ2n) is 6.32. The zero-order valence-corrected chi connectivity index (χ0v) is 16.1. The highest BCUT2D eigenvalue weighted by atomic mass is 16.5. The second-order valence-corrected chi connectivity index (χ2v) is 6.32. The Hall–Kier alpha value is -4.14. The van der Waals surface area contributed by atoms with E-state index in [-0.39, 0.29) is 11.3 Å². The van der Waals surface area contributed by atoms with Crippen LogP contribution in [0.2, 0.25) is 0 Å². The Morgan fingerprint density at radius 1 is 1.03 bits per heavy atom. The van der Waals surface area contributed by atoms with E-state index in [4.69, 9.17) is 14.6 Å². The fourth-order valence-corrected chi connectivity index (χ4v) is 2.69. The van der Waals surface area contributed by atoms with Gasteiger partial charge in [-0.2, -0.15) is 0 Å². The molecule has 0 radical (unpaired) electrons. The maximum atomic E-state index is 12.8. The summed E-state index contributed by atoms with van der Waals surface area (Å²) in [4.78, 5) is 49.0. The topological polar surface area (TPSA) is 122 Å². The number of methoxy groups -OCH3 is 1. The molecule has 2 aromatic rings. The van der Waals surface area contributed by atoms with Gasteiger partial charge in [-0.25, -0.2) is 14.5 Å². The number of carbonyl (C=O) groups excluding carboxylic acids is 3. The van der Waals surface area contributed by atoms with Crippen LogP contribution in [0.1, 0.15) is 12.5 Å². The van der Waals surface area contributed by atoms with Crippen molar-refractivity contribution in [1.29, 1.82) is 0 Å². The Morgan fingerprint density at radius 3 is 2.20 bits per heavy atom. The molecule has 9 nitrogen and oxygen atoms in total. The van der Waals surface area contributed by atoms with E-state index in [0.29, 0.717) is 17.1 Å². The van der Waals surface area contributed by atoms with E-state index in [1.807, 2.05) is 0 Å². The molecule has 1 fully saturated rings. The van der Waals surface area contributed by atoms with Gasteiger partial charge in [-0.15, -0.1) is 0 Å². The summed E-state index contributed by atoms with van der Waals surface area (Å²) in [6, 6.07) is 11.5. The standard InChI is InChI=1S/C21H18N2O7/c1-12(20(26)27)30-16-7-3-13(4-8-16)11-17-18(24)22-21(28)23(19(17)25)14-5-9-15(29-2)10-6-14/h3-12H,1-2H3,(H,26,27)(H,22,24,28)/b17-11-/t12-/m0/s1. The summed E-state index contributed by atoms with van der Waals surface area (Å²) in [7, 11) is 1.49. The zero-order valence-electron chi connectivity index (χ0n) is 16.1. The molecule has 0 aromatic heterocycles. The summed E-state index contributed by atoms with van der Waals surface area (Å²) < 4.78 is 10.3. The third-order valence-electron chi connectivity index (χ3n) is 4.28. The lowest BCUT2D eigenvalue weighted by atomic mass is 10.1. The van der Waals surface area contributed by atoms with E-state index >= 15 is 0 Å². The van der Waals surface area contributed by atoms with Gasteiger partial charge in [-0.3, -0.25) is 14.9 Å². The summed E-state index contributed by atoms with van der Waals surface area (Å²) in [6.45, 7) is 1.40. The predicted molar refractivity (Wildman–Crippen MR) is 106 cm³/mol. The summed E-state index contributed by atoms with van der Waals surface area (Å²) in [5.74, 6) is -1.81. The van der Waals surface area contributed by atoms with Gasteiger partial charge in [0.15, 0.2) is 6.10 Å². The first kappa shape index (κ1) is 20.6. The van der Waals surface area contributed by atoms with E-state index in [0.717, 1.165) is 4.90 Å². The van der Waals surface area contributed by atoms with Gasteiger partial charge in [0.1, 0.15) is 17.1 Å². The number of aliphatic carboxylic acids is 1. The minimum atomic E-state index is -1.10. The highest BCUT2D eigenvalue weighted by Crippen LogP contribution is 2.24. The summed E-state index contributed by atoms with van der Waals surface area (Å²) in [5, 5.41) is 11.0. The predicted octanol–water partition coefficient (Wildman–Crippen LogP) is 2.21. The average molecular weight is 410 g/mol. The van der Waals surface area contributed by atoms with Crippen LogP contribution in [0.4, 0.5) is 10.5 Å². The van der Waals surface area contributed by atoms with Crippen LogP contribution in [0.5, 0.6) is 11.5 Å². The van der Waals surface area contributed by atoms with E-state index in [1.165, 1.54) is 44.4 Å². The summed E-state index contributed by atoms with van der Waals surface area (Å²) in [6.07, 6.45) is 0.314. The van der Waals surface area contributed by atoms with Gasteiger partial charge in [0.05, 0.1) is 12.8 Å². The maximum absolute atomic E-state index is 12.8. The van der Waals surface area contributed by atoms with Crippen molar-refractivity contribution in [2.75, 3.05) is 12.0 Å². The Labute approximate surface area is 171 Å². The molecule has 1 atom stereocenters. The highest BCUT2D eigenvalue weighted by molar-refractivity contribution is 6.39. The minimum absolute atomic E-state index is 0.224. The van der Waals surface area contributed by atoms with Gasteiger partial charge in [-0.05, 0) is 55.0 Å².